The van der Waals surface area contributed by atoms with E-state index in [1.165, 1.54) is 21.3 Å². The number of anilines is 1. The summed E-state index contributed by atoms with van der Waals surface area (Å²) in [6.45, 7) is 0.956. The van der Waals surface area contributed by atoms with E-state index in [0.29, 0.717) is 47.5 Å². The Hall–Kier alpha value is -3.92. The number of rotatable bonds is 7. The maximum atomic E-state index is 13.6. The smallest absolute Gasteiger partial charge is 0.231 e. The molecule has 2 amide bonds. The highest BCUT2D eigenvalue weighted by Crippen LogP contribution is 2.52. The van der Waals surface area contributed by atoms with Crippen molar-refractivity contribution in [3.8, 4) is 28.7 Å². The van der Waals surface area contributed by atoms with Crippen LogP contribution in [0.1, 0.15) is 5.56 Å². The van der Waals surface area contributed by atoms with Crippen molar-refractivity contribution >= 4 is 17.5 Å². The zero-order chi connectivity index (χ0) is 25.0. The molecular formula is C26H26N2O8. The second-order valence-electron chi connectivity index (χ2n) is 9.19. The molecule has 36 heavy (non-hydrogen) atoms. The van der Waals surface area contributed by atoms with Crippen LogP contribution >= 0.6 is 0 Å². The molecule has 4 aliphatic heterocycles. The summed E-state index contributed by atoms with van der Waals surface area (Å²) in [4.78, 5) is 28.8. The fourth-order valence-corrected chi connectivity index (χ4v) is 5.65. The van der Waals surface area contributed by atoms with E-state index in [9.17, 15) is 9.59 Å². The monoisotopic (exact) mass is 494 g/mol. The van der Waals surface area contributed by atoms with Gasteiger partial charge < -0.3 is 38.6 Å². The van der Waals surface area contributed by atoms with Crippen molar-refractivity contribution in [3.63, 3.8) is 0 Å². The third-order valence-electron chi connectivity index (χ3n) is 7.22. The molecule has 10 heteroatoms. The standard InChI is InChI=1S/C26H26N2O8/c1-31-19-9-15(10-20(32-2)23(19)33-3)27-24(29)21-17-6-7-26(36-17)12-28(25(30)22(21)26)11-14-4-5-16-18(8-14)35-13-34-16/h4-10,17,21-22H,11-13H2,1-3H3,(H,27,29)/t17-,21+,22+,26-/m0/s1. The number of carbonyl (C=O) groups excluding carboxylic acids is 2. The van der Waals surface area contributed by atoms with E-state index in [4.69, 9.17) is 28.4 Å². The third kappa shape index (κ3) is 3.35. The minimum atomic E-state index is -0.810. The van der Waals surface area contributed by atoms with E-state index < -0.39 is 23.5 Å². The Morgan fingerprint density at radius 3 is 2.56 bits per heavy atom. The average molecular weight is 495 g/mol. The van der Waals surface area contributed by atoms with Crippen LogP contribution in [-0.2, 0) is 20.9 Å². The van der Waals surface area contributed by atoms with Crippen LogP contribution < -0.4 is 29.0 Å². The minimum Gasteiger partial charge on any atom is -0.493 e. The molecule has 0 aromatic heterocycles. The molecule has 0 saturated carbocycles. The van der Waals surface area contributed by atoms with E-state index in [1.54, 1.807) is 17.0 Å². The Bertz CT molecular complexity index is 1250. The number of nitrogens with one attached hydrogen (secondary N) is 1. The number of ether oxygens (including phenoxy) is 6. The number of amides is 2. The summed E-state index contributed by atoms with van der Waals surface area (Å²) >= 11 is 0. The molecule has 2 aromatic carbocycles. The Labute approximate surface area is 207 Å². The van der Waals surface area contributed by atoms with Crippen LogP contribution in [0.2, 0.25) is 0 Å². The highest BCUT2D eigenvalue weighted by Gasteiger charge is 2.66. The zero-order valence-electron chi connectivity index (χ0n) is 20.1. The zero-order valence-corrected chi connectivity index (χ0v) is 20.1. The van der Waals surface area contributed by atoms with Gasteiger partial charge in [0.1, 0.15) is 5.60 Å². The van der Waals surface area contributed by atoms with Crippen LogP contribution in [0.5, 0.6) is 28.7 Å². The van der Waals surface area contributed by atoms with Gasteiger partial charge in [-0.25, -0.2) is 0 Å². The van der Waals surface area contributed by atoms with Gasteiger partial charge in [0.2, 0.25) is 24.4 Å². The fraction of sp³-hybridized carbons (Fsp3) is 0.385. The first-order valence-corrected chi connectivity index (χ1v) is 11.6. The van der Waals surface area contributed by atoms with Crippen LogP contribution in [0, 0.1) is 11.8 Å². The van der Waals surface area contributed by atoms with Gasteiger partial charge in [0, 0.05) is 24.4 Å². The molecule has 1 N–H and O–H groups in total. The Kier molecular flexibility index (Phi) is 5.22. The summed E-state index contributed by atoms with van der Waals surface area (Å²) in [5.41, 5.74) is 0.578. The van der Waals surface area contributed by atoms with Crippen LogP contribution in [0.3, 0.4) is 0 Å². The second-order valence-corrected chi connectivity index (χ2v) is 9.19. The summed E-state index contributed by atoms with van der Waals surface area (Å²) in [5, 5.41) is 2.92. The van der Waals surface area contributed by atoms with Gasteiger partial charge in [0.25, 0.3) is 0 Å². The molecule has 4 heterocycles. The van der Waals surface area contributed by atoms with Crippen molar-refractivity contribution in [2.24, 2.45) is 11.8 Å². The van der Waals surface area contributed by atoms with Crippen molar-refractivity contribution in [2.75, 3.05) is 40.0 Å². The highest BCUT2D eigenvalue weighted by atomic mass is 16.7. The van der Waals surface area contributed by atoms with E-state index in [0.717, 1.165) is 5.56 Å². The molecule has 2 saturated heterocycles. The van der Waals surface area contributed by atoms with E-state index in [2.05, 4.69) is 5.32 Å². The van der Waals surface area contributed by atoms with Crippen molar-refractivity contribution in [2.45, 2.75) is 18.2 Å². The van der Waals surface area contributed by atoms with Crippen LogP contribution in [-0.4, -0.2) is 63.1 Å². The first kappa shape index (κ1) is 22.5. The summed E-state index contributed by atoms with van der Waals surface area (Å²) in [6, 6.07) is 8.94. The van der Waals surface area contributed by atoms with Crippen LogP contribution in [0.4, 0.5) is 5.69 Å². The van der Waals surface area contributed by atoms with Crippen molar-refractivity contribution in [1.29, 1.82) is 0 Å². The lowest BCUT2D eigenvalue weighted by molar-refractivity contribution is -0.136. The number of likely N-dealkylation sites (tertiary alicyclic amines) is 1. The van der Waals surface area contributed by atoms with Gasteiger partial charge in [0.15, 0.2) is 23.0 Å². The predicted octanol–water partition coefficient (Wildman–Crippen LogP) is 2.36. The summed E-state index contributed by atoms with van der Waals surface area (Å²) < 4.78 is 33.2. The maximum Gasteiger partial charge on any atom is 0.231 e. The van der Waals surface area contributed by atoms with Crippen molar-refractivity contribution in [1.82, 2.24) is 4.90 Å². The first-order valence-electron chi connectivity index (χ1n) is 11.6. The lowest BCUT2D eigenvalue weighted by Gasteiger charge is -2.24. The number of nitrogens with zero attached hydrogens (tertiary/aromatic N) is 1. The number of carbonyl (C=O) groups is 2. The van der Waals surface area contributed by atoms with Gasteiger partial charge >= 0.3 is 0 Å². The molecule has 0 aliphatic carbocycles. The maximum absolute atomic E-state index is 13.6. The summed E-state index contributed by atoms with van der Waals surface area (Å²) in [7, 11) is 4.53. The predicted molar refractivity (Wildman–Crippen MR) is 126 cm³/mol. The van der Waals surface area contributed by atoms with Crippen molar-refractivity contribution < 1.29 is 38.0 Å². The molecule has 6 rings (SSSR count). The summed E-state index contributed by atoms with van der Waals surface area (Å²) in [5.74, 6) is 0.931. The number of benzene rings is 2. The van der Waals surface area contributed by atoms with Gasteiger partial charge in [-0.3, -0.25) is 9.59 Å². The second kappa shape index (κ2) is 8.34. The topological polar surface area (TPSA) is 105 Å². The van der Waals surface area contributed by atoms with Gasteiger partial charge in [-0.05, 0) is 17.7 Å². The molecule has 4 aliphatic rings. The van der Waals surface area contributed by atoms with E-state index >= 15 is 0 Å². The van der Waals surface area contributed by atoms with E-state index in [1.807, 2.05) is 30.4 Å². The molecule has 2 fully saturated rings. The lowest BCUT2D eigenvalue weighted by atomic mass is 9.77. The Morgan fingerprint density at radius 2 is 1.83 bits per heavy atom. The molecule has 0 radical (unpaired) electrons. The van der Waals surface area contributed by atoms with Crippen LogP contribution in [0.15, 0.2) is 42.5 Å². The average Bonchev–Trinajstić information content (AvgIpc) is 3.64. The molecule has 1 spiro atoms. The fourth-order valence-electron chi connectivity index (χ4n) is 5.65. The number of fused-ring (bicyclic) bond motifs is 2. The largest absolute Gasteiger partial charge is 0.493 e. The van der Waals surface area contributed by atoms with Crippen molar-refractivity contribution in [3.05, 3.63) is 48.0 Å². The minimum absolute atomic E-state index is 0.107. The normalized spacial score (nSPS) is 26.8. The highest BCUT2D eigenvalue weighted by molar-refractivity contribution is 5.99. The Morgan fingerprint density at radius 1 is 1.08 bits per heavy atom. The lowest BCUT2D eigenvalue weighted by Crippen LogP contribution is -2.41. The first-order chi connectivity index (χ1) is 17.5. The van der Waals surface area contributed by atoms with E-state index in [-0.39, 0.29) is 18.6 Å². The number of methoxy groups -OCH3 is 3. The molecule has 4 atom stereocenters. The SMILES string of the molecule is COc1cc(NC(=O)[C@@H]2[C@@H]3C=C[C@@]4(CN(Cc5ccc6c(c5)OCO6)C(=O)[C@@H]24)O3)cc(OC)c1OC. The number of hydrogen-bond acceptors (Lipinski definition) is 8. The molecule has 2 aromatic rings. The quantitative estimate of drug-likeness (QED) is 0.585. The molecular weight excluding hydrogens is 468 g/mol. The third-order valence-corrected chi connectivity index (χ3v) is 7.22. The number of hydrogen-bond donors (Lipinski definition) is 1. The van der Waals surface area contributed by atoms with Gasteiger partial charge in [-0.1, -0.05) is 18.2 Å². The molecule has 0 unspecified atom stereocenters. The molecule has 10 nitrogen and oxygen atoms in total. The van der Waals surface area contributed by atoms with Gasteiger partial charge in [-0.2, -0.15) is 0 Å². The Balaban J connectivity index is 1.23. The summed E-state index contributed by atoms with van der Waals surface area (Å²) in [6.07, 6.45) is 3.35. The van der Waals surface area contributed by atoms with Gasteiger partial charge in [-0.15, -0.1) is 0 Å². The molecule has 2 bridgehead atoms. The molecule has 188 valence electrons. The van der Waals surface area contributed by atoms with Gasteiger partial charge in [0.05, 0.1) is 45.8 Å². The van der Waals surface area contributed by atoms with Crippen LogP contribution in [0.25, 0.3) is 0 Å².